The molecule has 1 N–H and O–H groups in total. The highest BCUT2D eigenvalue weighted by molar-refractivity contribution is 6.33. The van der Waals surface area contributed by atoms with Crippen molar-refractivity contribution in [2.75, 3.05) is 5.32 Å². The summed E-state index contributed by atoms with van der Waals surface area (Å²) in [7, 11) is 0. The molecule has 0 aliphatic carbocycles. The number of nitrogens with zero attached hydrogens (tertiary/aromatic N) is 1. The lowest BCUT2D eigenvalue weighted by molar-refractivity contribution is 0.102. The van der Waals surface area contributed by atoms with Crippen LogP contribution in [0.15, 0.2) is 72.9 Å². The highest BCUT2D eigenvalue weighted by atomic mass is 35.5. The first-order valence-corrected chi connectivity index (χ1v) is 7.20. The lowest BCUT2D eigenvalue weighted by Crippen LogP contribution is -2.13. The fourth-order valence-electron chi connectivity index (χ4n) is 2.21. The minimum atomic E-state index is -0.276. The average molecular weight is 309 g/mol. The van der Waals surface area contributed by atoms with Gasteiger partial charge in [0.2, 0.25) is 0 Å². The molecule has 1 heterocycles. The van der Waals surface area contributed by atoms with Gasteiger partial charge in [0.15, 0.2) is 0 Å². The molecule has 22 heavy (non-hydrogen) atoms. The van der Waals surface area contributed by atoms with E-state index in [2.05, 4.69) is 10.3 Å². The van der Waals surface area contributed by atoms with Crippen LogP contribution in [0.5, 0.6) is 0 Å². The number of benzene rings is 2. The van der Waals surface area contributed by atoms with Gasteiger partial charge in [-0.1, -0.05) is 60.1 Å². The maximum absolute atomic E-state index is 12.4. The molecule has 0 spiro atoms. The maximum Gasteiger partial charge on any atom is 0.258 e. The second-order valence-electron chi connectivity index (χ2n) is 4.71. The Morgan fingerprint density at radius 1 is 0.909 bits per heavy atom. The van der Waals surface area contributed by atoms with E-state index in [9.17, 15) is 4.79 Å². The molecule has 4 heteroatoms. The number of anilines is 1. The van der Waals surface area contributed by atoms with Crippen LogP contribution in [0, 0.1) is 0 Å². The third-order valence-corrected chi connectivity index (χ3v) is 3.56. The Kier molecular flexibility index (Phi) is 4.17. The molecular formula is C18H13ClN2O. The number of pyridine rings is 1. The molecule has 0 aliphatic heterocycles. The first-order chi connectivity index (χ1) is 10.8. The van der Waals surface area contributed by atoms with Crippen LogP contribution in [0.3, 0.4) is 0 Å². The minimum absolute atomic E-state index is 0.192. The van der Waals surface area contributed by atoms with Gasteiger partial charge in [-0.05, 0) is 23.8 Å². The van der Waals surface area contributed by atoms with E-state index in [4.69, 9.17) is 11.6 Å². The summed E-state index contributed by atoms with van der Waals surface area (Å²) in [4.78, 5) is 16.3. The zero-order chi connectivity index (χ0) is 15.4. The molecule has 0 saturated carbocycles. The van der Waals surface area contributed by atoms with Crippen LogP contribution in [-0.2, 0) is 0 Å². The van der Waals surface area contributed by atoms with Crippen molar-refractivity contribution in [2.24, 2.45) is 0 Å². The molecule has 3 rings (SSSR count). The van der Waals surface area contributed by atoms with Gasteiger partial charge in [-0.3, -0.25) is 4.79 Å². The summed E-state index contributed by atoms with van der Waals surface area (Å²) in [6, 6.07) is 20.9. The Morgan fingerprint density at radius 3 is 2.41 bits per heavy atom. The number of hydrogen-bond acceptors (Lipinski definition) is 2. The largest absolute Gasteiger partial charge is 0.321 e. The van der Waals surface area contributed by atoms with Crippen LogP contribution in [0.1, 0.15) is 10.4 Å². The summed E-state index contributed by atoms with van der Waals surface area (Å²) in [6.07, 6.45) is 1.55. The van der Waals surface area contributed by atoms with Crippen LogP contribution in [0.25, 0.3) is 11.1 Å². The van der Waals surface area contributed by atoms with E-state index in [1.807, 2.05) is 54.6 Å². The van der Waals surface area contributed by atoms with Gasteiger partial charge in [0.1, 0.15) is 5.15 Å². The molecule has 0 radical (unpaired) electrons. The summed E-state index contributed by atoms with van der Waals surface area (Å²) in [5.41, 5.74) is 3.08. The molecule has 108 valence electrons. The van der Waals surface area contributed by atoms with Gasteiger partial charge in [0, 0.05) is 17.4 Å². The second-order valence-corrected chi connectivity index (χ2v) is 5.07. The molecule has 1 aromatic heterocycles. The zero-order valence-electron chi connectivity index (χ0n) is 11.7. The molecule has 0 unspecified atom stereocenters. The van der Waals surface area contributed by atoms with Gasteiger partial charge < -0.3 is 5.32 Å². The smallest absolute Gasteiger partial charge is 0.258 e. The van der Waals surface area contributed by atoms with E-state index in [1.165, 1.54) is 0 Å². The van der Waals surface area contributed by atoms with E-state index < -0.39 is 0 Å². The van der Waals surface area contributed by atoms with Crippen molar-refractivity contribution in [3.05, 3.63) is 83.6 Å². The molecule has 0 fully saturated rings. The van der Waals surface area contributed by atoms with E-state index in [0.29, 0.717) is 5.56 Å². The predicted octanol–water partition coefficient (Wildman–Crippen LogP) is 4.65. The van der Waals surface area contributed by atoms with Crippen molar-refractivity contribution in [1.82, 2.24) is 4.98 Å². The SMILES string of the molecule is O=C(Nc1ccccc1-c1ccccc1)c1cccnc1Cl. The number of para-hydroxylation sites is 1. The van der Waals surface area contributed by atoms with Gasteiger partial charge in [0.25, 0.3) is 5.91 Å². The van der Waals surface area contributed by atoms with Gasteiger partial charge in [0.05, 0.1) is 5.56 Å². The standard InChI is InChI=1S/C18H13ClN2O/c19-17-15(10-6-12-20-17)18(22)21-16-11-5-4-9-14(16)13-7-2-1-3-8-13/h1-12H,(H,21,22). The lowest BCUT2D eigenvalue weighted by atomic mass is 10.0. The van der Waals surface area contributed by atoms with Gasteiger partial charge in [-0.15, -0.1) is 0 Å². The van der Waals surface area contributed by atoms with Crippen LogP contribution in [-0.4, -0.2) is 10.9 Å². The third kappa shape index (κ3) is 3.00. The van der Waals surface area contributed by atoms with Crippen LogP contribution >= 0.6 is 11.6 Å². The number of carbonyl (C=O) groups is 1. The third-order valence-electron chi connectivity index (χ3n) is 3.26. The molecule has 3 nitrogen and oxygen atoms in total. The minimum Gasteiger partial charge on any atom is -0.321 e. The predicted molar refractivity (Wildman–Crippen MR) is 89.1 cm³/mol. The Hall–Kier alpha value is -2.65. The molecule has 0 aliphatic rings. The number of carbonyl (C=O) groups excluding carboxylic acids is 1. The Bertz CT molecular complexity index is 803. The molecule has 1 amide bonds. The maximum atomic E-state index is 12.4. The average Bonchev–Trinajstić information content (AvgIpc) is 2.56. The van der Waals surface area contributed by atoms with Crippen molar-refractivity contribution in [3.8, 4) is 11.1 Å². The number of aromatic nitrogens is 1. The van der Waals surface area contributed by atoms with Gasteiger partial charge in [-0.25, -0.2) is 4.98 Å². The first kappa shape index (κ1) is 14.3. The number of halogens is 1. The van der Waals surface area contributed by atoms with Crippen molar-refractivity contribution in [3.63, 3.8) is 0 Å². The molecule has 0 atom stereocenters. The van der Waals surface area contributed by atoms with Crippen molar-refractivity contribution in [1.29, 1.82) is 0 Å². The van der Waals surface area contributed by atoms with Crippen LogP contribution < -0.4 is 5.32 Å². The summed E-state index contributed by atoms with van der Waals surface area (Å²) in [6.45, 7) is 0. The molecule has 0 bridgehead atoms. The topological polar surface area (TPSA) is 42.0 Å². The van der Waals surface area contributed by atoms with Crippen LogP contribution in [0.2, 0.25) is 5.15 Å². The quantitative estimate of drug-likeness (QED) is 0.715. The van der Waals surface area contributed by atoms with E-state index in [-0.39, 0.29) is 11.1 Å². The number of nitrogens with one attached hydrogen (secondary N) is 1. The van der Waals surface area contributed by atoms with Crippen molar-refractivity contribution >= 4 is 23.2 Å². The van der Waals surface area contributed by atoms with Crippen molar-refractivity contribution < 1.29 is 4.79 Å². The number of hydrogen-bond donors (Lipinski definition) is 1. The van der Waals surface area contributed by atoms with E-state index >= 15 is 0 Å². The molecule has 0 saturated heterocycles. The highest BCUT2D eigenvalue weighted by Crippen LogP contribution is 2.28. The van der Waals surface area contributed by atoms with Crippen molar-refractivity contribution in [2.45, 2.75) is 0 Å². The number of rotatable bonds is 3. The van der Waals surface area contributed by atoms with Gasteiger partial charge in [-0.2, -0.15) is 0 Å². The fraction of sp³-hybridized carbons (Fsp3) is 0. The highest BCUT2D eigenvalue weighted by Gasteiger charge is 2.13. The normalized spacial score (nSPS) is 10.2. The lowest BCUT2D eigenvalue weighted by Gasteiger charge is -2.11. The number of amides is 1. The Balaban J connectivity index is 1.94. The fourth-order valence-corrected chi connectivity index (χ4v) is 2.41. The molecule has 3 aromatic rings. The summed E-state index contributed by atoms with van der Waals surface area (Å²) in [5, 5.41) is 3.09. The van der Waals surface area contributed by atoms with E-state index in [0.717, 1.165) is 16.8 Å². The molecular weight excluding hydrogens is 296 g/mol. The monoisotopic (exact) mass is 308 g/mol. The second kappa shape index (κ2) is 6.41. The van der Waals surface area contributed by atoms with Crippen LogP contribution in [0.4, 0.5) is 5.69 Å². The summed E-state index contributed by atoms with van der Waals surface area (Å²) < 4.78 is 0. The Morgan fingerprint density at radius 2 is 1.64 bits per heavy atom. The summed E-state index contributed by atoms with van der Waals surface area (Å²) >= 11 is 5.97. The summed E-state index contributed by atoms with van der Waals surface area (Å²) in [5.74, 6) is -0.276. The van der Waals surface area contributed by atoms with Gasteiger partial charge >= 0.3 is 0 Å². The molecule has 2 aromatic carbocycles. The first-order valence-electron chi connectivity index (χ1n) is 6.82. The Labute approximate surface area is 133 Å². The zero-order valence-corrected chi connectivity index (χ0v) is 12.4. The van der Waals surface area contributed by atoms with E-state index in [1.54, 1.807) is 18.3 Å².